The second kappa shape index (κ2) is 11.7. The summed E-state index contributed by atoms with van der Waals surface area (Å²) in [5.41, 5.74) is 5.04. The van der Waals surface area contributed by atoms with Crippen LogP contribution in [-0.2, 0) is 19.2 Å². The Labute approximate surface area is 224 Å². The zero-order valence-electron chi connectivity index (χ0n) is 19.4. The number of amides is 2. The number of carboxylic acid groups (broad SMARTS) is 1. The number of fused-ring (bicyclic) bond motifs is 1. The number of carbonyl (C=O) groups excluding carboxylic acids is 2. The van der Waals surface area contributed by atoms with Crippen molar-refractivity contribution in [2.75, 3.05) is 30.4 Å². The van der Waals surface area contributed by atoms with Crippen molar-refractivity contribution in [2.45, 2.75) is 11.4 Å². The summed E-state index contributed by atoms with van der Waals surface area (Å²) >= 11 is 3.56. The van der Waals surface area contributed by atoms with Crippen molar-refractivity contribution in [2.24, 2.45) is 10.6 Å². The van der Waals surface area contributed by atoms with Gasteiger partial charge in [0.25, 0.3) is 5.91 Å². The number of anilines is 1. The number of hydrogen-bond acceptors (Lipinski definition) is 12. The Morgan fingerprint density at radius 2 is 2.30 bits per heavy atom. The summed E-state index contributed by atoms with van der Waals surface area (Å²) in [6.45, 7) is 3.62. The molecule has 2 fully saturated rings. The van der Waals surface area contributed by atoms with Gasteiger partial charge in [-0.15, -0.1) is 23.5 Å². The third kappa shape index (κ3) is 5.94. The fourth-order valence-electron chi connectivity index (χ4n) is 3.59. The third-order valence-corrected chi connectivity index (χ3v) is 8.66. The van der Waals surface area contributed by atoms with Crippen molar-refractivity contribution in [3.05, 3.63) is 54.0 Å². The standard InChI is InChI=1S/C22H23N7O5S3/c1-2-8-34-27-14(16-26-21(23)37-28-16)17(30)25-15-18(31)29-10-22(20(32)33,12-36-19(15)29)11-35-9-6-13-5-3-4-7-24-13/h2-7,9,15,19H,1,8,10-12H2,(H,25,30)(H,32,33)(H2,23,26,28)/t15?,19-,22?/m1/s1. The Kier molecular flexibility index (Phi) is 8.45. The lowest BCUT2D eigenvalue weighted by molar-refractivity contribution is -0.157. The molecule has 0 aromatic carbocycles. The molecular formula is C22H23N7O5S3. The molecule has 2 saturated heterocycles. The Morgan fingerprint density at radius 3 is 2.97 bits per heavy atom. The maximum absolute atomic E-state index is 12.9. The van der Waals surface area contributed by atoms with Crippen molar-refractivity contribution in [1.29, 1.82) is 0 Å². The van der Waals surface area contributed by atoms with Crippen LogP contribution in [0.3, 0.4) is 0 Å². The number of β-lactam (4-membered cyclic amide) rings is 1. The Hall–Kier alpha value is -3.43. The first kappa shape index (κ1) is 26.6. The van der Waals surface area contributed by atoms with E-state index in [1.165, 1.54) is 34.5 Å². The molecule has 37 heavy (non-hydrogen) atoms. The smallest absolute Gasteiger partial charge is 0.313 e. The van der Waals surface area contributed by atoms with Gasteiger partial charge in [0.2, 0.25) is 17.4 Å². The van der Waals surface area contributed by atoms with Crippen LogP contribution < -0.4 is 11.1 Å². The van der Waals surface area contributed by atoms with Crippen LogP contribution in [0.5, 0.6) is 0 Å². The normalized spacial score (nSPS) is 23.3. The van der Waals surface area contributed by atoms with Crippen molar-refractivity contribution >= 4 is 69.8 Å². The zero-order valence-corrected chi connectivity index (χ0v) is 21.8. The summed E-state index contributed by atoms with van der Waals surface area (Å²) in [5, 5.41) is 18.0. The number of rotatable bonds is 11. The number of nitrogens with zero attached hydrogens (tertiary/aromatic N) is 5. The van der Waals surface area contributed by atoms with Gasteiger partial charge in [-0.25, -0.2) is 0 Å². The molecule has 4 N–H and O–H groups in total. The quantitative estimate of drug-likeness (QED) is 0.119. The minimum Gasteiger partial charge on any atom is -0.481 e. The van der Waals surface area contributed by atoms with E-state index in [2.05, 4.69) is 31.4 Å². The van der Waals surface area contributed by atoms with E-state index in [0.717, 1.165) is 17.2 Å². The van der Waals surface area contributed by atoms with Crippen LogP contribution in [0.1, 0.15) is 11.5 Å². The molecule has 2 unspecified atom stereocenters. The van der Waals surface area contributed by atoms with Gasteiger partial charge in [0.15, 0.2) is 5.13 Å². The first-order valence-corrected chi connectivity index (χ1v) is 13.8. The zero-order chi connectivity index (χ0) is 26.4. The molecule has 2 aliphatic rings. The summed E-state index contributed by atoms with van der Waals surface area (Å²) in [4.78, 5) is 52.8. The number of aliphatic carboxylic acids is 1. The number of nitrogens with one attached hydrogen (secondary N) is 1. The van der Waals surface area contributed by atoms with Crippen molar-refractivity contribution < 1.29 is 24.3 Å². The highest BCUT2D eigenvalue weighted by molar-refractivity contribution is 8.02. The number of nitrogen functional groups attached to an aromatic ring is 1. The number of aromatic nitrogens is 3. The lowest BCUT2D eigenvalue weighted by atomic mass is 9.89. The summed E-state index contributed by atoms with van der Waals surface area (Å²) in [6.07, 6.45) is 4.94. The van der Waals surface area contributed by atoms with Crippen LogP contribution in [0, 0.1) is 5.41 Å². The molecule has 15 heteroatoms. The van der Waals surface area contributed by atoms with E-state index >= 15 is 0 Å². The van der Waals surface area contributed by atoms with E-state index in [1.807, 2.05) is 24.3 Å². The SMILES string of the molecule is C=CCON=C(C(=O)NC1C(=O)N2CC(CSC=Cc3ccccn3)(C(=O)O)CS[C@H]12)c1nsc(N)n1. The topological polar surface area (TPSA) is 173 Å². The van der Waals surface area contributed by atoms with E-state index in [-0.39, 0.29) is 47.2 Å². The summed E-state index contributed by atoms with van der Waals surface area (Å²) in [6, 6.07) is 4.68. The molecule has 0 bridgehead atoms. The molecule has 4 heterocycles. The number of thioether (sulfide) groups is 2. The van der Waals surface area contributed by atoms with Crippen LogP contribution in [0.2, 0.25) is 0 Å². The van der Waals surface area contributed by atoms with E-state index < -0.39 is 28.7 Å². The van der Waals surface area contributed by atoms with Gasteiger partial charge >= 0.3 is 5.97 Å². The minimum absolute atomic E-state index is 0.0235. The van der Waals surface area contributed by atoms with Crippen molar-refractivity contribution in [3.63, 3.8) is 0 Å². The largest absolute Gasteiger partial charge is 0.481 e. The first-order valence-electron chi connectivity index (χ1n) is 10.9. The van der Waals surface area contributed by atoms with E-state index in [9.17, 15) is 19.5 Å². The number of pyridine rings is 1. The molecule has 0 aliphatic carbocycles. The number of hydrogen-bond donors (Lipinski definition) is 3. The maximum atomic E-state index is 12.9. The molecule has 4 rings (SSSR count). The van der Waals surface area contributed by atoms with Crippen molar-refractivity contribution in [3.8, 4) is 0 Å². The van der Waals surface area contributed by atoms with Crippen LogP contribution in [0.4, 0.5) is 5.13 Å². The van der Waals surface area contributed by atoms with Crippen LogP contribution in [0.25, 0.3) is 6.08 Å². The summed E-state index contributed by atoms with van der Waals surface area (Å²) in [5.74, 6) is -1.52. The number of carbonyl (C=O) groups is 3. The molecule has 2 amide bonds. The molecule has 0 spiro atoms. The Balaban J connectivity index is 1.39. The fourth-order valence-corrected chi connectivity index (χ4v) is 6.66. The first-order chi connectivity index (χ1) is 17.8. The van der Waals surface area contributed by atoms with E-state index in [1.54, 1.807) is 11.6 Å². The lowest BCUT2D eigenvalue weighted by Crippen LogP contribution is -2.74. The lowest BCUT2D eigenvalue weighted by Gasteiger charge is -2.53. The molecule has 194 valence electrons. The van der Waals surface area contributed by atoms with Gasteiger partial charge in [-0.3, -0.25) is 19.4 Å². The van der Waals surface area contributed by atoms with Crippen LogP contribution >= 0.6 is 35.1 Å². The predicted molar refractivity (Wildman–Crippen MR) is 143 cm³/mol. The summed E-state index contributed by atoms with van der Waals surface area (Å²) in [7, 11) is 0. The van der Waals surface area contributed by atoms with Crippen LogP contribution in [-0.4, -0.2) is 83.9 Å². The maximum Gasteiger partial charge on any atom is 0.313 e. The molecule has 2 aromatic rings. The van der Waals surface area contributed by atoms with Gasteiger partial charge in [-0.05, 0) is 23.6 Å². The van der Waals surface area contributed by atoms with Gasteiger partial charge in [0.1, 0.15) is 23.4 Å². The molecule has 0 saturated carbocycles. The van der Waals surface area contributed by atoms with Gasteiger partial charge in [0, 0.05) is 35.8 Å². The number of nitrogens with two attached hydrogens (primary N) is 1. The average Bonchev–Trinajstić information content (AvgIpc) is 3.33. The second-order valence-electron chi connectivity index (χ2n) is 8.05. The summed E-state index contributed by atoms with van der Waals surface area (Å²) < 4.78 is 3.99. The molecule has 0 radical (unpaired) electrons. The highest BCUT2D eigenvalue weighted by Gasteiger charge is 2.57. The Bertz CT molecular complexity index is 1240. The second-order valence-corrected chi connectivity index (χ2v) is 10.8. The van der Waals surface area contributed by atoms with Gasteiger partial charge < -0.3 is 25.9 Å². The highest BCUT2D eigenvalue weighted by Crippen LogP contribution is 2.43. The van der Waals surface area contributed by atoms with Crippen LogP contribution in [0.15, 0.2) is 47.6 Å². The minimum atomic E-state index is -1.13. The van der Waals surface area contributed by atoms with E-state index in [0.29, 0.717) is 0 Å². The molecule has 12 nitrogen and oxygen atoms in total. The molecule has 2 aliphatic heterocycles. The Morgan fingerprint density at radius 1 is 1.46 bits per heavy atom. The number of carboxylic acids is 1. The van der Waals surface area contributed by atoms with E-state index in [4.69, 9.17) is 10.6 Å². The third-order valence-electron chi connectivity index (χ3n) is 5.48. The van der Waals surface area contributed by atoms with Gasteiger partial charge in [-0.1, -0.05) is 23.9 Å². The highest BCUT2D eigenvalue weighted by atomic mass is 32.2. The monoisotopic (exact) mass is 561 g/mol. The average molecular weight is 562 g/mol. The fraction of sp³-hybridized carbons (Fsp3) is 0.318. The molecule has 2 aromatic heterocycles. The van der Waals surface area contributed by atoms with Gasteiger partial charge in [-0.2, -0.15) is 9.36 Å². The molecule has 3 atom stereocenters. The van der Waals surface area contributed by atoms with Gasteiger partial charge in [0.05, 0.1) is 5.69 Å². The van der Waals surface area contributed by atoms with Crippen molar-refractivity contribution in [1.82, 2.24) is 24.6 Å². The molecular weight excluding hydrogens is 538 g/mol. The number of oxime groups is 1. The predicted octanol–water partition coefficient (Wildman–Crippen LogP) is 1.30.